The van der Waals surface area contributed by atoms with Crippen LogP contribution in [0.25, 0.3) is 0 Å². The van der Waals surface area contributed by atoms with Crippen LogP contribution in [0.5, 0.6) is 11.5 Å². The molecule has 0 aromatic heterocycles. The van der Waals surface area contributed by atoms with Gasteiger partial charge in [-0.1, -0.05) is 13.8 Å². The van der Waals surface area contributed by atoms with Crippen LogP contribution in [0.15, 0.2) is 42.5 Å². The fourth-order valence-corrected chi connectivity index (χ4v) is 5.48. The maximum Gasteiger partial charge on any atom is 0.254 e. The molecule has 2 aliphatic rings. The minimum absolute atomic E-state index is 0.0864. The first-order valence-corrected chi connectivity index (χ1v) is 13.5. The third-order valence-corrected chi connectivity index (χ3v) is 7.52. The van der Waals surface area contributed by atoms with Crippen molar-refractivity contribution in [1.29, 1.82) is 0 Å². The van der Waals surface area contributed by atoms with Gasteiger partial charge in [0.1, 0.15) is 23.6 Å². The average Bonchev–Trinajstić information content (AvgIpc) is 3.52. The molecule has 10 nitrogen and oxygen atoms in total. The zero-order valence-corrected chi connectivity index (χ0v) is 24.0. The number of carbonyl (C=O) groups is 4. The van der Waals surface area contributed by atoms with Crippen LogP contribution in [-0.4, -0.2) is 92.8 Å². The summed E-state index contributed by atoms with van der Waals surface area (Å²) >= 11 is 0. The van der Waals surface area contributed by atoms with Crippen LogP contribution in [0.1, 0.15) is 47.4 Å². The van der Waals surface area contributed by atoms with Crippen LogP contribution >= 0.6 is 0 Å². The van der Waals surface area contributed by atoms with Crippen molar-refractivity contribution in [2.45, 2.75) is 44.8 Å². The molecular formula is C30H38N4O6. The number of hydrogen-bond donors (Lipinski definition) is 1. The number of ketones is 1. The molecule has 2 aliphatic heterocycles. The normalized spacial score (nSPS) is 18.9. The number of carbonyl (C=O) groups excluding carboxylic acids is 4. The number of benzene rings is 2. The van der Waals surface area contributed by atoms with Gasteiger partial charge in [0, 0.05) is 43.5 Å². The Labute approximate surface area is 235 Å². The summed E-state index contributed by atoms with van der Waals surface area (Å²) in [6.07, 6.45) is 0.901. The van der Waals surface area contributed by atoms with E-state index in [9.17, 15) is 19.2 Å². The number of Topliss-reactive ketones (excluding diaryl/α,β-unsaturated/α-hetero) is 1. The first-order chi connectivity index (χ1) is 19.0. The van der Waals surface area contributed by atoms with E-state index in [1.807, 2.05) is 45.0 Å². The van der Waals surface area contributed by atoms with Gasteiger partial charge in [0.05, 0.1) is 26.8 Å². The van der Waals surface area contributed by atoms with Gasteiger partial charge in [0.25, 0.3) is 11.8 Å². The molecular weight excluding hydrogens is 512 g/mol. The van der Waals surface area contributed by atoms with Crippen LogP contribution in [0.4, 0.5) is 5.69 Å². The second-order valence-electron chi connectivity index (χ2n) is 10.9. The van der Waals surface area contributed by atoms with Gasteiger partial charge in [0.15, 0.2) is 5.78 Å². The number of nitrogens with one attached hydrogen (secondary N) is 1. The number of fused-ring (bicyclic) bond motifs is 1. The fraction of sp³-hybridized carbons (Fsp3) is 0.467. The molecule has 40 heavy (non-hydrogen) atoms. The van der Waals surface area contributed by atoms with Crippen LogP contribution < -0.4 is 19.7 Å². The second-order valence-corrected chi connectivity index (χ2v) is 10.9. The lowest BCUT2D eigenvalue weighted by Crippen LogP contribution is -2.53. The maximum atomic E-state index is 13.8. The summed E-state index contributed by atoms with van der Waals surface area (Å²) in [7, 11) is 6.85. The number of anilines is 1. The number of rotatable bonds is 9. The largest absolute Gasteiger partial charge is 0.497 e. The molecule has 0 aliphatic carbocycles. The lowest BCUT2D eigenvalue weighted by molar-refractivity contribution is -0.138. The van der Waals surface area contributed by atoms with Gasteiger partial charge in [0.2, 0.25) is 5.91 Å². The highest BCUT2D eigenvalue weighted by Crippen LogP contribution is 2.33. The third-order valence-electron chi connectivity index (χ3n) is 7.52. The maximum absolute atomic E-state index is 13.8. The van der Waals surface area contributed by atoms with Crippen molar-refractivity contribution < 1.29 is 28.7 Å². The smallest absolute Gasteiger partial charge is 0.254 e. The average molecular weight is 551 g/mol. The lowest BCUT2D eigenvalue weighted by atomic mass is 10.0. The Bertz CT molecular complexity index is 1250. The van der Waals surface area contributed by atoms with Gasteiger partial charge < -0.3 is 29.5 Å². The molecule has 3 atom stereocenters. The fourth-order valence-electron chi connectivity index (χ4n) is 5.48. The van der Waals surface area contributed by atoms with Crippen LogP contribution in [0.3, 0.4) is 0 Å². The highest BCUT2D eigenvalue weighted by atomic mass is 16.5. The summed E-state index contributed by atoms with van der Waals surface area (Å²) in [5.74, 6) is -0.0855. The zero-order valence-electron chi connectivity index (χ0n) is 24.0. The summed E-state index contributed by atoms with van der Waals surface area (Å²) in [6.45, 7) is 4.20. The summed E-state index contributed by atoms with van der Waals surface area (Å²) in [5, 5.41) is 2.91. The molecule has 0 bridgehead atoms. The van der Waals surface area contributed by atoms with Crippen molar-refractivity contribution >= 4 is 29.2 Å². The second kappa shape index (κ2) is 12.0. The summed E-state index contributed by atoms with van der Waals surface area (Å²) in [4.78, 5) is 58.6. The Kier molecular flexibility index (Phi) is 8.66. The Morgan fingerprint density at radius 1 is 0.975 bits per heavy atom. The van der Waals surface area contributed by atoms with Gasteiger partial charge >= 0.3 is 0 Å². The van der Waals surface area contributed by atoms with Crippen LogP contribution in [0.2, 0.25) is 0 Å². The number of nitrogens with zero attached hydrogens (tertiary/aromatic N) is 3. The molecule has 0 spiro atoms. The van der Waals surface area contributed by atoms with E-state index in [0.29, 0.717) is 42.0 Å². The zero-order chi connectivity index (χ0) is 29.1. The molecule has 2 fully saturated rings. The van der Waals surface area contributed by atoms with Gasteiger partial charge in [-0.3, -0.25) is 19.2 Å². The van der Waals surface area contributed by atoms with Gasteiger partial charge in [-0.15, -0.1) is 0 Å². The highest BCUT2D eigenvalue weighted by Gasteiger charge is 2.52. The minimum Gasteiger partial charge on any atom is -0.497 e. The van der Waals surface area contributed by atoms with Gasteiger partial charge in [-0.25, -0.2) is 0 Å². The van der Waals surface area contributed by atoms with Crippen molar-refractivity contribution in [2.75, 3.05) is 46.3 Å². The molecule has 3 amide bonds. The predicted molar refractivity (Wildman–Crippen MR) is 151 cm³/mol. The monoisotopic (exact) mass is 550 g/mol. The molecule has 10 heteroatoms. The molecule has 4 rings (SSSR count). The molecule has 2 saturated heterocycles. The predicted octanol–water partition coefficient (Wildman–Crippen LogP) is 2.61. The standard InChI is InChI=1S/C30H38N4O6/c1-18(2)13-24(31-28(36)19-7-9-21(10-8-19)32(3)4)30(38)33-12-11-25-27(33)26(35)17-34(25)29(37)20-14-22(39-5)16-23(15-20)40-6/h7-10,14-16,18,24-25,27H,11-13,17H2,1-6H3,(H,31,36)/t24-,25+,27-/m0/s1. The van der Waals surface area contributed by atoms with E-state index in [1.165, 1.54) is 19.1 Å². The lowest BCUT2D eigenvalue weighted by Gasteiger charge is -2.29. The Balaban J connectivity index is 1.52. The van der Waals surface area contributed by atoms with Crippen molar-refractivity contribution in [3.05, 3.63) is 53.6 Å². The topological polar surface area (TPSA) is 108 Å². The summed E-state index contributed by atoms with van der Waals surface area (Å²) in [5.41, 5.74) is 1.76. The molecule has 0 unspecified atom stereocenters. The Hall–Kier alpha value is -4.08. The number of methoxy groups -OCH3 is 2. The number of ether oxygens (including phenoxy) is 2. The molecule has 2 heterocycles. The van der Waals surface area contributed by atoms with Crippen LogP contribution in [0, 0.1) is 5.92 Å². The van der Waals surface area contributed by atoms with Crippen molar-refractivity contribution in [1.82, 2.24) is 15.1 Å². The number of hydrogen-bond acceptors (Lipinski definition) is 7. The van der Waals surface area contributed by atoms with Gasteiger partial charge in [-0.2, -0.15) is 0 Å². The first-order valence-electron chi connectivity index (χ1n) is 13.5. The third kappa shape index (κ3) is 5.90. The van der Waals surface area contributed by atoms with E-state index >= 15 is 0 Å². The van der Waals surface area contributed by atoms with E-state index < -0.39 is 18.1 Å². The summed E-state index contributed by atoms with van der Waals surface area (Å²) in [6, 6.07) is 10.1. The van der Waals surface area contributed by atoms with E-state index in [-0.39, 0.29) is 36.0 Å². The molecule has 0 radical (unpaired) electrons. The van der Waals surface area contributed by atoms with Crippen molar-refractivity contribution in [3.63, 3.8) is 0 Å². The summed E-state index contributed by atoms with van der Waals surface area (Å²) < 4.78 is 10.6. The highest BCUT2D eigenvalue weighted by molar-refractivity contribution is 6.04. The Morgan fingerprint density at radius 2 is 1.60 bits per heavy atom. The molecule has 214 valence electrons. The van der Waals surface area contributed by atoms with E-state index in [1.54, 1.807) is 35.2 Å². The molecule has 2 aromatic carbocycles. The van der Waals surface area contributed by atoms with E-state index in [4.69, 9.17) is 9.47 Å². The number of amides is 3. The van der Waals surface area contributed by atoms with Crippen molar-refractivity contribution in [3.8, 4) is 11.5 Å². The first kappa shape index (κ1) is 28.9. The molecule has 2 aromatic rings. The number of likely N-dealkylation sites (tertiary alicyclic amines) is 2. The van der Waals surface area contributed by atoms with Crippen molar-refractivity contribution in [2.24, 2.45) is 5.92 Å². The van der Waals surface area contributed by atoms with E-state index in [0.717, 1.165) is 5.69 Å². The van der Waals surface area contributed by atoms with Gasteiger partial charge in [-0.05, 0) is 55.2 Å². The Morgan fingerprint density at radius 3 is 2.15 bits per heavy atom. The van der Waals surface area contributed by atoms with E-state index in [2.05, 4.69) is 5.32 Å². The quantitative estimate of drug-likeness (QED) is 0.511. The molecule has 0 saturated carbocycles. The van der Waals surface area contributed by atoms with Crippen LogP contribution in [-0.2, 0) is 9.59 Å². The SMILES string of the molecule is COc1cc(OC)cc(C(=O)N2CC(=O)[C@@H]3[C@H]2CCN3C(=O)[C@H](CC(C)C)NC(=O)c2ccc(N(C)C)cc2)c1. The minimum atomic E-state index is -0.792. The molecule has 1 N–H and O–H groups in total.